The summed E-state index contributed by atoms with van der Waals surface area (Å²) in [7, 11) is 1.68. The van der Waals surface area contributed by atoms with E-state index in [0.717, 1.165) is 5.75 Å². The van der Waals surface area contributed by atoms with Crippen LogP contribution in [-0.4, -0.2) is 7.11 Å². The molecule has 0 saturated heterocycles. The second-order valence-electron chi connectivity index (χ2n) is 3.16. The molecule has 1 aromatic rings. The lowest BCUT2D eigenvalue weighted by Gasteiger charge is -2.16. The zero-order valence-corrected chi connectivity index (χ0v) is 8.10. The number of allylic oxidation sites excluding steroid dienone is 2. The second kappa shape index (κ2) is 4.01. The molecule has 0 saturated carbocycles. The number of hydrogen-bond acceptors (Lipinski definition) is 2. The SMILES string of the molecule is COc1cccc(C2C=CC=CN2)c1. The van der Waals surface area contributed by atoms with Crippen molar-refractivity contribution in [2.45, 2.75) is 6.04 Å². The molecule has 1 aliphatic heterocycles. The highest BCUT2D eigenvalue weighted by molar-refractivity contribution is 5.34. The maximum Gasteiger partial charge on any atom is 0.119 e. The Morgan fingerprint density at radius 3 is 2.93 bits per heavy atom. The van der Waals surface area contributed by atoms with Crippen LogP contribution in [-0.2, 0) is 0 Å². The van der Waals surface area contributed by atoms with Crippen LogP contribution < -0.4 is 10.1 Å². The maximum atomic E-state index is 5.18. The summed E-state index contributed by atoms with van der Waals surface area (Å²) < 4.78 is 5.18. The number of dihydropyridines is 1. The molecular formula is C12H13NO. The van der Waals surface area contributed by atoms with Gasteiger partial charge >= 0.3 is 0 Å². The average Bonchev–Trinajstić information content (AvgIpc) is 2.30. The first-order valence-corrected chi connectivity index (χ1v) is 4.63. The van der Waals surface area contributed by atoms with Crippen LogP contribution in [0.5, 0.6) is 5.75 Å². The average molecular weight is 187 g/mol. The molecule has 1 atom stereocenters. The molecule has 1 heterocycles. The van der Waals surface area contributed by atoms with Crippen LogP contribution in [0.1, 0.15) is 11.6 Å². The van der Waals surface area contributed by atoms with E-state index in [9.17, 15) is 0 Å². The van der Waals surface area contributed by atoms with Gasteiger partial charge in [-0.1, -0.05) is 24.3 Å². The number of rotatable bonds is 2. The van der Waals surface area contributed by atoms with Crippen LogP contribution in [0.2, 0.25) is 0 Å². The minimum absolute atomic E-state index is 0.259. The van der Waals surface area contributed by atoms with Crippen LogP contribution in [0.25, 0.3) is 0 Å². The van der Waals surface area contributed by atoms with E-state index in [4.69, 9.17) is 4.74 Å². The minimum atomic E-state index is 0.259. The van der Waals surface area contributed by atoms with Crippen molar-refractivity contribution < 1.29 is 4.74 Å². The van der Waals surface area contributed by atoms with Gasteiger partial charge in [-0.2, -0.15) is 0 Å². The van der Waals surface area contributed by atoms with Gasteiger partial charge in [0.05, 0.1) is 13.2 Å². The number of nitrogens with one attached hydrogen (secondary N) is 1. The number of benzene rings is 1. The first kappa shape index (κ1) is 8.88. The summed E-state index contributed by atoms with van der Waals surface area (Å²) >= 11 is 0. The summed E-state index contributed by atoms with van der Waals surface area (Å²) in [4.78, 5) is 0. The zero-order chi connectivity index (χ0) is 9.80. The molecule has 0 fully saturated rings. The van der Waals surface area contributed by atoms with Gasteiger partial charge in [0.25, 0.3) is 0 Å². The smallest absolute Gasteiger partial charge is 0.119 e. The minimum Gasteiger partial charge on any atom is -0.497 e. The van der Waals surface area contributed by atoms with Crippen molar-refractivity contribution in [2.75, 3.05) is 7.11 Å². The lowest BCUT2D eigenvalue weighted by molar-refractivity contribution is 0.414. The highest BCUT2D eigenvalue weighted by Gasteiger charge is 2.07. The highest BCUT2D eigenvalue weighted by Crippen LogP contribution is 2.21. The quantitative estimate of drug-likeness (QED) is 0.767. The van der Waals surface area contributed by atoms with E-state index < -0.39 is 0 Å². The topological polar surface area (TPSA) is 21.3 Å². The van der Waals surface area contributed by atoms with Gasteiger partial charge in [0.2, 0.25) is 0 Å². The fourth-order valence-corrected chi connectivity index (χ4v) is 1.49. The number of ether oxygens (including phenoxy) is 1. The summed E-state index contributed by atoms with van der Waals surface area (Å²) in [6, 6.07) is 8.34. The number of methoxy groups -OCH3 is 1. The monoisotopic (exact) mass is 187 g/mol. The van der Waals surface area contributed by atoms with E-state index in [-0.39, 0.29) is 6.04 Å². The molecule has 1 N–H and O–H groups in total. The van der Waals surface area contributed by atoms with Crippen LogP contribution in [0.4, 0.5) is 0 Å². The van der Waals surface area contributed by atoms with Gasteiger partial charge in [-0.15, -0.1) is 0 Å². The highest BCUT2D eigenvalue weighted by atomic mass is 16.5. The van der Waals surface area contributed by atoms with Crippen molar-refractivity contribution in [3.8, 4) is 5.75 Å². The largest absolute Gasteiger partial charge is 0.497 e. The van der Waals surface area contributed by atoms with Gasteiger partial charge in [-0.3, -0.25) is 0 Å². The molecule has 0 spiro atoms. The van der Waals surface area contributed by atoms with Crippen LogP contribution in [0.3, 0.4) is 0 Å². The van der Waals surface area contributed by atoms with Crippen molar-refractivity contribution in [3.63, 3.8) is 0 Å². The van der Waals surface area contributed by atoms with Crippen LogP contribution >= 0.6 is 0 Å². The third kappa shape index (κ3) is 1.79. The standard InChI is InChI=1S/C12H13NO/c1-14-11-6-4-5-10(9-11)12-7-2-3-8-13-12/h2-9,12-13H,1H3. The predicted molar refractivity (Wildman–Crippen MR) is 57.2 cm³/mol. The van der Waals surface area contributed by atoms with Gasteiger partial charge in [-0.05, 0) is 30.0 Å². The van der Waals surface area contributed by atoms with E-state index in [2.05, 4.69) is 17.5 Å². The molecular weight excluding hydrogens is 174 g/mol. The molecule has 1 unspecified atom stereocenters. The molecule has 0 aliphatic carbocycles. The van der Waals surface area contributed by atoms with Crippen molar-refractivity contribution >= 4 is 0 Å². The molecule has 14 heavy (non-hydrogen) atoms. The van der Waals surface area contributed by atoms with Crippen molar-refractivity contribution in [2.24, 2.45) is 0 Å². The van der Waals surface area contributed by atoms with E-state index in [1.54, 1.807) is 7.11 Å². The lowest BCUT2D eigenvalue weighted by Crippen LogP contribution is -2.14. The van der Waals surface area contributed by atoms with E-state index in [1.807, 2.05) is 36.6 Å². The van der Waals surface area contributed by atoms with Crippen LogP contribution in [0.15, 0.2) is 48.7 Å². The molecule has 0 aromatic heterocycles. The summed E-state index contributed by atoms with van der Waals surface area (Å²) in [5.74, 6) is 0.896. The van der Waals surface area contributed by atoms with Gasteiger partial charge in [0.1, 0.15) is 5.75 Å². The fraction of sp³-hybridized carbons (Fsp3) is 0.167. The Hall–Kier alpha value is -1.70. The van der Waals surface area contributed by atoms with Crippen molar-refractivity contribution in [3.05, 3.63) is 54.3 Å². The van der Waals surface area contributed by atoms with Crippen molar-refractivity contribution in [1.82, 2.24) is 5.32 Å². The Kier molecular flexibility index (Phi) is 2.54. The van der Waals surface area contributed by atoms with Gasteiger partial charge in [-0.25, -0.2) is 0 Å². The third-order valence-corrected chi connectivity index (χ3v) is 2.24. The van der Waals surface area contributed by atoms with E-state index in [1.165, 1.54) is 5.56 Å². The van der Waals surface area contributed by atoms with Crippen molar-refractivity contribution in [1.29, 1.82) is 0 Å². The Morgan fingerprint density at radius 2 is 2.21 bits per heavy atom. The maximum absolute atomic E-state index is 5.18. The molecule has 2 rings (SSSR count). The molecule has 0 radical (unpaired) electrons. The Labute approximate surface area is 83.9 Å². The van der Waals surface area contributed by atoms with E-state index >= 15 is 0 Å². The first-order chi connectivity index (χ1) is 6.90. The molecule has 2 nitrogen and oxygen atoms in total. The Balaban J connectivity index is 2.23. The Morgan fingerprint density at radius 1 is 1.29 bits per heavy atom. The molecule has 1 aromatic carbocycles. The van der Waals surface area contributed by atoms with Gasteiger partial charge in [0, 0.05) is 0 Å². The second-order valence-corrected chi connectivity index (χ2v) is 3.16. The summed E-state index contributed by atoms with van der Waals surface area (Å²) in [6.45, 7) is 0. The summed E-state index contributed by atoms with van der Waals surface area (Å²) in [5, 5.41) is 3.26. The fourth-order valence-electron chi connectivity index (χ4n) is 1.49. The summed E-state index contributed by atoms with van der Waals surface area (Å²) in [6.07, 6.45) is 8.09. The Bertz CT molecular complexity index is 368. The molecule has 2 heteroatoms. The normalized spacial score (nSPS) is 19.1. The first-order valence-electron chi connectivity index (χ1n) is 4.63. The van der Waals surface area contributed by atoms with Gasteiger partial charge in [0.15, 0.2) is 0 Å². The molecule has 72 valence electrons. The molecule has 1 aliphatic rings. The molecule has 0 bridgehead atoms. The van der Waals surface area contributed by atoms with E-state index in [0.29, 0.717) is 0 Å². The van der Waals surface area contributed by atoms with Crippen LogP contribution in [0, 0.1) is 0 Å². The third-order valence-electron chi connectivity index (χ3n) is 2.24. The molecule has 0 amide bonds. The van der Waals surface area contributed by atoms with Gasteiger partial charge < -0.3 is 10.1 Å². The predicted octanol–water partition coefficient (Wildman–Crippen LogP) is 2.41. The lowest BCUT2D eigenvalue weighted by atomic mass is 10.1. The summed E-state index contributed by atoms with van der Waals surface area (Å²) in [5.41, 5.74) is 1.21. The zero-order valence-electron chi connectivity index (χ0n) is 8.10. The number of hydrogen-bond donors (Lipinski definition) is 1.